The number of hydrogen-bond acceptors (Lipinski definition) is 4. The molecular formula is C14H23N3O. The van der Waals surface area contributed by atoms with Gasteiger partial charge in [-0.15, -0.1) is 0 Å². The number of nitrogens with one attached hydrogen (secondary N) is 1. The molecule has 0 aliphatic carbocycles. The van der Waals surface area contributed by atoms with Crippen molar-refractivity contribution in [1.29, 1.82) is 0 Å². The van der Waals surface area contributed by atoms with E-state index in [1.165, 1.54) is 5.56 Å². The molecule has 1 aromatic heterocycles. The molecule has 0 aromatic carbocycles. The molecule has 0 unspecified atom stereocenters. The molecule has 0 radical (unpaired) electrons. The van der Waals surface area contributed by atoms with Gasteiger partial charge in [-0.1, -0.05) is 13.8 Å². The summed E-state index contributed by atoms with van der Waals surface area (Å²) in [5, 5.41) is 3.40. The number of aryl methyl sites for hydroxylation is 1. The Balaban J connectivity index is 2.04. The number of aromatic nitrogens is 2. The second-order valence-corrected chi connectivity index (χ2v) is 5.26. The zero-order chi connectivity index (χ0) is 13.0. The maximum Gasteiger partial charge on any atom is 0.131 e. The second kappa shape index (κ2) is 6.25. The van der Waals surface area contributed by atoms with Crippen LogP contribution in [0.5, 0.6) is 0 Å². The first-order chi connectivity index (χ1) is 8.66. The lowest BCUT2D eigenvalue weighted by atomic mass is 9.99. The van der Waals surface area contributed by atoms with Gasteiger partial charge in [0.25, 0.3) is 0 Å². The van der Waals surface area contributed by atoms with Crippen LogP contribution in [0.2, 0.25) is 0 Å². The van der Waals surface area contributed by atoms with Crippen LogP contribution in [-0.4, -0.2) is 29.2 Å². The molecule has 0 bridgehead atoms. The molecule has 1 N–H and O–H groups in total. The van der Waals surface area contributed by atoms with Gasteiger partial charge in [0.15, 0.2) is 0 Å². The normalized spacial score (nSPS) is 17.3. The first-order valence-corrected chi connectivity index (χ1v) is 6.80. The minimum Gasteiger partial charge on any atom is -0.381 e. The molecule has 0 atom stereocenters. The topological polar surface area (TPSA) is 47.0 Å². The highest BCUT2D eigenvalue weighted by molar-refractivity contribution is 5.17. The van der Waals surface area contributed by atoms with Crippen molar-refractivity contribution in [1.82, 2.24) is 15.3 Å². The maximum absolute atomic E-state index is 5.37. The molecule has 18 heavy (non-hydrogen) atoms. The lowest BCUT2D eigenvalue weighted by molar-refractivity contribution is 0.0835. The Labute approximate surface area is 109 Å². The van der Waals surface area contributed by atoms with Crippen molar-refractivity contribution >= 4 is 0 Å². The van der Waals surface area contributed by atoms with E-state index in [1.807, 2.05) is 6.20 Å². The molecule has 1 fully saturated rings. The number of ether oxygens (including phenoxy) is 1. The zero-order valence-corrected chi connectivity index (χ0v) is 11.6. The molecule has 1 saturated heterocycles. The fourth-order valence-corrected chi connectivity index (χ4v) is 2.15. The summed E-state index contributed by atoms with van der Waals surface area (Å²) in [5.74, 6) is 1.47. The Kier molecular flexibility index (Phi) is 4.66. The van der Waals surface area contributed by atoms with Gasteiger partial charge in [0.1, 0.15) is 5.82 Å². The van der Waals surface area contributed by atoms with E-state index in [9.17, 15) is 0 Å². The van der Waals surface area contributed by atoms with Crippen molar-refractivity contribution in [3.05, 3.63) is 23.3 Å². The van der Waals surface area contributed by atoms with E-state index in [1.54, 1.807) is 0 Å². The van der Waals surface area contributed by atoms with Crippen LogP contribution in [0.1, 0.15) is 49.7 Å². The van der Waals surface area contributed by atoms with Gasteiger partial charge in [-0.2, -0.15) is 0 Å². The molecule has 0 amide bonds. The predicted molar refractivity (Wildman–Crippen MR) is 71.5 cm³/mol. The minimum absolute atomic E-state index is 0.476. The van der Waals surface area contributed by atoms with E-state index in [0.29, 0.717) is 12.0 Å². The van der Waals surface area contributed by atoms with E-state index in [-0.39, 0.29) is 0 Å². The minimum atomic E-state index is 0.476. The lowest BCUT2D eigenvalue weighted by Crippen LogP contribution is -2.23. The molecule has 2 rings (SSSR count). The Morgan fingerprint density at radius 3 is 2.72 bits per heavy atom. The highest BCUT2D eigenvalue weighted by atomic mass is 16.5. The highest BCUT2D eigenvalue weighted by Crippen LogP contribution is 2.24. The number of nitrogens with zero attached hydrogens (tertiary/aromatic N) is 2. The smallest absolute Gasteiger partial charge is 0.131 e. The van der Waals surface area contributed by atoms with Crippen LogP contribution >= 0.6 is 0 Å². The van der Waals surface area contributed by atoms with Crippen molar-refractivity contribution < 1.29 is 4.74 Å². The highest BCUT2D eigenvalue weighted by Gasteiger charge is 2.19. The Morgan fingerprint density at radius 1 is 1.39 bits per heavy atom. The summed E-state index contributed by atoms with van der Waals surface area (Å²) in [6.07, 6.45) is 4.06. The molecule has 1 aliphatic heterocycles. The average molecular weight is 249 g/mol. The van der Waals surface area contributed by atoms with Gasteiger partial charge in [0.05, 0.1) is 0 Å². The van der Waals surface area contributed by atoms with E-state index >= 15 is 0 Å². The third-order valence-electron chi connectivity index (χ3n) is 3.39. The molecule has 0 spiro atoms. The first kappa shape index (κ1) is 13.4. The van der Waals surface area contributed by atoms with Crippen molar-refractivity contribution in [3.8, 4) is 0 Å². The van der Waals surface area contributed by atoms with Crippen LogP contribution in [0.25, 0.3) is 0 Å². The van der Waals surface area contributed by atoms with Crippen molar-refractivity contribution in [2.75, 3.05) is 13.2 Å². The Hall–Kier alpha value is -1.00. The summed E-state index contributed by atoms with van der Waals surface area (Å²) in [7, 11) is 0. The standard InChI is InChI=1S/C14H23N3O/c1-10(2)15-8-13-9-16-14(17-11(13)3)12-4-6-18-7-5-12/h9-10,12,15H,4-8H2,1-3H3. The average Bonchev–Trinajstić information content (AvgIpc) is 2.38. The third kappa shape index (κ3) is 3.50. The van der Waals surface area contributed by atoms with Crippen LogP contribution in [-0.2, 0) is 11.3 Å². The molecule has 1 aromatic rings. The molecule has 2 heterocycles. The van der Waals surface area contributed by atoms with Gasteiger partial charge in [-0.25, -0.2) is 9.97 Å². The van der Waals surface area contributed by atoms with Crippen LogP contribution < -0.4 is 5.32 Å². The molecule has 0 saturated carbocycles. The van der Waals surface area contributed by atoms with E-state index in [0.717, 1.165) is 44.1 Å². The summed E-state index contributed by atoms with van der Waals surface area (Å²) in [6, 6.07) is 0.486. The fraction of sp³-hybridized carbons (Fsp3) is 0.714. The summed E-state index contributed by atoms with van der Waals surface area (Å²) in [4.78, 5) is 9.20. The van der Waals surface area contributed by atoms with Crippen LogP contribution in [0.4, 0.5) is 0 Å². The fourth-order valence-electron chi connectivity index (χ4n) is 2.15. The predicted octanol–water partition coefficient (Wildman–Crippen LogP) is 2.18. The van der Waals surface area contributed by atoms with E-state index < -0.39 is 0 Å². The Morgan fingerprint density at radius 2 is 2.11 bits per heavy atom. The van der Waals surface area contributed by atoms with E-state index in [4.69, 9.17) is 4.74 Å². The molecule has 1 aliphatic rings. The third-order valence-corrected chi connectivity index (χ3v) is 3.39. The van der Waals surface area contributed by atoms with Crippen molar-refractivity contribution in [2.45, 2.75) is 52.1 Å². The first-order valence-electron chi connectivity index (χ1n) is 6.80. The largest absolute Gasteiger partial charge is 0.381 e. The van der Waals surface area contributed by atoms with Gasteiger partial charge in [-0.3, -0.25) is 0 Å². The SMILES string of the molecule is Cc1nc(C2CCOCC2)ncc1CNC(C)C. The van der Waals surface area contributed by atoms with Gasteiger partial charge >= 0.3 is 0 Å². The summed E-state index contributed by atoms with van der Waals surface area (Å²) in [6.45, 7) is 8.88. The van der Waals surface area contributed by atoms with Crippen LogP contribution in [0.15, 0.2) is 6.20 Å². The summed E-state index contributed by atoms with van der Waals surface area (Å²) >= 11 is 0. The van der Waals surface area contributed by atoms with Crippen molar-refractivity contribution in [2.24, 2.45) is 0 Å². The van der Waals surface area contributed by atoms with Crippen LogP contribution in [0, 0.1) is 6.92 Å². The van der Waals surface area contributed by atoms with Crippen molar-refractivity contribution in [3.63, 3.8) is 0 Å². The number of hydrogen-bond donors (Lipinski definition) is 1. The zero-order valence-electron chi connectivity index (χ0n) is 11.6. The van der Waals surface area contributed by atoms with Gasteiger partial charge in [-0.05, 0) is 19.8 Å². The number of rotatable bonds is 4. The van der Waals surface area contributed by atoms with E-state index in [2.05, 4.69) is 36.1 Å². The van der Waals surface area contributed by atoms with Gasteiger partial charge < -0.3 is 10.1 Å². The monoisotopic (exact) mass is 249 g/mol. The Bertz CT molecular complexity index is 387. The second-order valence-electron chi connectivity index (χ2n) is 5.26. The molecule has 4 nitrogen and oxygen atoms in total. The maximum atomic E-state index is 5.37. The quantitative estimate of drug-likeness (QED) is 0.888. The summed E-state index contributed by atoms with van der Waals surface area (Å²) in [5.41, 5.74) is 2.29. The molecule has 100 valence electrons. The lowest BCUT2D eigenvalue weighted by Gasteiger charge is -2.21. The molecule has 4 heteroatoms. The van der Waals surface area contributed by atoms with Crippen LogP contribution in [0.3, 0.4) is 0 Å². The molecular weight excluding hydrogens is 226 g/mol. The van der Waals surface area contributed by atoms with Gasteiger partial charge in [0.2, 0.25) is 0 Å². The summed E-state index contributed by atoms with van der Waals surface area (Å²) < 4.78 is 5.37. The van der Waals surface area contributed by atoms with Gasteiger partial charge in [0, 0.05) is 49.2 Å².